The van der Waals surface area contributed by atoms with Crippen molar-refractivity contribution in [2.24, 2.45) is 0 Å². The zero-order chi connectivity index (χ0) is 10.7. The molecule has 76 valence electrons. The van der Waals surface area contributed by atoms with Crippen LogP contribution in [0, 0.1) is 0 Å². The summed E-state index contributed by atoms with van der Waals surface area (Å²) in [6.45, 7) is 5.81. The average molecular weight is 196 g/mol. The van der Waals surface area contributed by atoms with Gasteiger partial charge >= 0.3 is 6.03 Å². The fourth-order valence-electron chi connectivity index (χ4n) is 1.26. The molecule has 0 aromatic carbocycles. The smallest absolute Gasteiger partial charge is 0.315 e. The predicted molar refractivity (Wildman–Crippen MR) is 49.6 cm³/mol. The SMILES string of the molecule is C=C(C)C(=O)N1CCN(CC=O)C1=O. The van der Waals surface area contributed by atoms with Crippen molar-refractivity contribution < 1.29 is 14.4 Å². The molecule has 1 fully saturated rings. The predicted octanol–water partition coefficient (Wildman–Crippen LogP) is 0.0256. The lowest BCUT2D eigenvalue weighted by molar-refractivity contribution is -0.123. The second-order valence-electron chi connectivity index (χ2n) is 3.13. The lowest BCUT2D eigenvalue weighted by Gasteiger charge is -2.14. The highest BCUT2D eigenvalue weighted by Crippen LogP contribution is 2.10. The molecule has 0 N–H and O–H groups in total. The fourth-order valence-corrected chi connectivity index (χ4v) is 1.26. The van der Waals surface area contributed by atoms with Gasteiger partial charge in [-0.3, -0.25) is 9.69 Å². The Labute approximate surface area is 82.0 Å². The molecule has 0 spiro atoms. The molecule has 0 saturated carbocycles. The maximum absolute atomic E-state index is 11.5. The number of amides is 3. The van der Waals surface area contributed by atoms with E-state index in [1.54, 1.807) is 6.92 Å². The molecule has 0 bridgehead atoms. The molecule has 0 aromatic rings. The van der Waals surface area contributed by atoms with E-state index in [9.17, 15) is 14.4 Å². The highest BCUT2D eigenvalue weighted by Gasteiger charge is 2.32. The van der Waals surface area contributed by atoms with Crippen molar-refractivity contribution in [2.45, 2.75) is 6.92 Å². The van der Waals surface area contributed by atoms with Crippen LogP contribution in [0.2, 0.25) is 0 Å². The Bertz CT molecular complexity index is 298. The standard InChI is InChI=1S/C9H12N2O3/c1-7(2)8(13)11-4-3-10(5-6-12)9(11)14/h6H,1,3-5H2,2H3. The van der Waals surface area contributed by atoms with Gasteiger partial charge in [-0.25, -0.2) is 4.79 Å². The van der Waals surface area contributed by atoms with E-state index in [0.29, 0.717) is 24.9 Å². The van der Waals surface area contributed by atoms with E-state index in [-0.39, 0.29) is 12.5 Å². The maximum atomic E-state index is 11.5. The summed E-state index contributed by atoms with van der Waals surface area (Å²) in [5.74, 6) is -0.372. The summed E-state index contributed by atoms with van der Waals surface area (Å²) in [5.41, 5.74) is 0.325. The summed E-state index contributed by atoms with van der Waals surface area (Å²) in [7, 11) is 0. The molecular formula is C9H12N2O3. The van der Waals surface area contributed by atoms with Crippen LogP contribution in [-0.4, -0.2) is 47.7 Å². The average Bonchev–Trinajstić information content (AvgIpc) is 2.48. The van der Waals surface area contributed by atoms with Crippen LogP contribution >= 0.6 is 0 Å². The second kappa shape index (κ2) is 4.04. The van der Waals surface area contributed by atoms with Crippen molar-refractivity contribution in [1.29, 1.82) is 0 Å². The fraction of sp³-hybridized carbons (Fsp3) is 0.444. The zero-order valence-corrected chi connectivity index (χ0v) is 8.02. The largest absolute Gasteiger partial charge is 0.327 e. The minimum atomic E-state index is -0.412. The van der Waals surface area contributed by atoms with E-state index < -0.39 is 6.03 Å². The number of imide groups is 1. The Balaban J connectivity index is 2.68. The summed E-state index contributed by atoms with van der Waals surface area (Å²) in [6, 6.07) is -0.412. The molecule has 0 unspecified atom stereocenters. The number of aldehydes is 1. The first-order valence-electron chi connectivity index (χ1n) is 4.28. The number of hydrogen-bond donors (Lipinski definition) is 0. The molecule has 14 heavy (non-hydrogen) atoms. The quantitative estimate of drug-likeness (QED) is 0.472. The summed E-state index contributed by atoms with van der Waals surface area (Å²) in [4.78, 5) is 35.5. The lowest BCUT2D eigenvalue weighted by atomic mass is 10.3. The van der Waals surface area contributed by atoms with Crippen molar-refractivity contribution in [2.75, 3.05) is 19.6 Å². The summed E-state index contributed by atoms with van der Waals surface area (Å²) in [6.07, 6.45) is 0.645. The minimum Gasteiger partial charge on any atom is -0.315 e. The number of urea groups is 1. The first-order valence-corrected chi connectivity index (χ1v) is 4.28. The van der Waals surface area contributed by atoms with Crippen molar-refractivity contribution in [3.05, 3.63) is 12.2 Å². The van der Waals surface area contributed by atoms with Crippen molar-refractivity contribution >= 4 is 18.2 Å². The van der Waals surface area contributed by atoms with Crippen LogP contribution in [0.1, 0.15) is 6.92 Å². The van der Waals surface area contributed by atoms with Crippen molar-refractivity contribution in [3.8, 4) is 0 Å². The molecule has 0 aromatic heterocycles. The van der Waals surface area contributed by atoms with Crippen molar-refractivity contribution in [3.63, 3.8) is 0 Å². The van der Waals surface area contributed by atoms with Crippen LogP contribution in [0.4, 0.5) is 4.79 Å². The van der Waals surface area contributed by atoms with Gasteiger partial charge in [-0.2, -0.15) is 0 Å². The molecule has 5 heteroatoms. The topological polar surface area (TPSA) is 57.7 Å². The molecule has 3 amide bonds. The summed E-state index contributed by atoms with van der Waals surface area (Å²) < 4.78 is 0. The highest BCUT2D eigenvalue weighted by molar-refractivity contribution is 6.04. The zero-order valence-electron chi connectivity index (χ0n) is 8.02. The molecule has 0 aliphatic carbocycles. The van der Waals surface area contributed by atoms with Gasteiger partial charge in [-0.15, -0.1) is 0 Å². The van der Waals surface area contributed by atoms with Gasteiger partial charge in [0, 0.05) is 18.7 Å². The third-order valence-electron chi connectivity index (χ3n) is 2.00. The first kappa shape index (κ1) is 10.4. The lowest BCUT2D eigenvalue weighted by Crippen LogP contribution is -2.37. The molecule has 1 aliphatic heterocycles. The van der Waals surface area contributed by atoms with E-state index in [0.717, 1.165) is 4.90 Å². The monoisotopic (exact) mass is 196 g/mol. The normalized spacial score (nSPS) is 15.9. The van der Waals surface area contributed by atoms with Crippen LogP contribution < -0.4 is 0 Å². The molecule has 1 rings (SSSR count). The van der Waals surface area contributed by atoms with Gasteiger partial charge in [-0.05, 0) is 6.92 Å². The Morgan fingerprint density at radius 3 is 2.71 bits per heavy atom. The van der Waals surface area contributed by atoms with Gasteiger partial charge in [0.1, 0.15) is 6.29 Å². The molecule has 1 aliphatic rings. The van der Waals surface area contributed by atoms with E-state index in [2.05, 4.69) is 6.58 Å². The Kier molecular flexibility index (Phi) is 3.01. The van der Waals surface area contributed by atoms with Crippen molar-refractivity contribution in [1.82, 2.24) is 9.80 Å². The van der Waals surface area contributed by atoms with Crippen LogP contribution in [0.3, 0.4) is 0 Å². The van der Waals surface area contributed by atoms with Crippen LogP contribution in [0.5, 0.6) is 0 Å². The number of rotatable bonds is 3. The number of carbonyl (C=O) groups is 3. The van der Waals surface area contributed by atoms with E-state index >= 15 is 0 Å². The Hall–Kier alpha value is -1.65. The number of carbonyl (C=O) groups excluding carboxylic acids is 3. The maximum Gasteiger partial charge on any atom is 0.327 e. The number of hydrogen-bond acceptors (Lipinski definition) is 3. The molecular weight excluding hydrogens is 184 g/mol. The van der Waals surface area contributed by atoms with Crippen LogP contribution in [-0.2, 0) is 9.59 Å². The second-order valence-corrected chi connectivity index (χ2v) is 3.13. The highest BCUT2D eigenvalue weighted by atomic mass is 16.2. The van der Waals surface area contributed by atoms with E-state index in [1.165, 1.54) is 4.90 Å². The molecule has 1 heterocycles. The van der Waals surface area contributed by atoms with Crippen LogP contribution in [0.25, 0.3) is 0 Å². The van der Waals surface area contributed by atoms with Gasteiger partial charge in [-0.1, -0.05) is 6.58 Å². The third kappa shape index (κ3) is 1.81. The third-order valence-corrected chi connectivity index (χ3v) is 2.00. The van der Waals surface area contributed by atoms with E-state index in [4.69, 9.17) is 0 Å². The van der Waals surface area contributed by atoms with Gasteiger partial charge < -0.3 is 9.69 Å². The Morgan fingerprint density at radius 1 is 1.57 bits per heavy atom. The molecule has 5 nitrogen and oxygen atoms in total. The summed E-state index contributed by atoms with van der Waals surface area (Å²) in [5, 5.41) is 0. The molecule has 0 atom stereocenters. The summed E-state index contributed by atoms with van der Waals surface area (Å²) >= 11 is 0. The van der Waals surface area contributed by atoms with Gasteiger partial charge in [0.25, 0.3) is 5.91 Å². The van der Waals surface area contributed by atoms with Crippen LogP contribution in [0.15, 0.2) is 12.2 Å². The van der Waals surface area contributed by atoms with Gasteiger partial charge in [0.2, 0.25) is 0 Å². The Morgan fingerprint density at radius 2 is 2.21 bits per heavy atom. The minimum absolute atomic E-state index is 0.0405. The molecule has 1 saturated heterocycles. The molecule has 0 radical (unpaired) electrons. The van der Waals surface area contributed by atoms with Gasteiger partial charge in [0.05, 0.1) is 6.54 Å². The number of nitrogens with zero attached hydrogens (tertiary/aromatic N) is 2. The van der Waals surface area contributed by atoms with Gasteiger partial charge in [0.15, 0.2) is 0 Å². The van der Waals surface area contributed by atoms with E-state index in [1.807, 2.05) is 0 Å². The first-order chi connectivity index (χ1) is 6.57.